The van der Waals surface area contributed by atoms with E-state index in [0.717, 1.165) is 35.5 Å². The van der Waals surface area contributed by atoms with Crippen LogP contribution in [0.25, 0.3) is 11.6 Å². The first-order valence-corrected chi connectivity index (χ1v) is 6.87. The van der Waals surface area contributed by atoms with Gasteiger partial charge in [-0.1, -0.05) is 6.92 Å². The molecule has 0 radical (unpaired) electrons. The number of rotatable bonds is 4. The van der Waals surface area contributed by atoms with E-state index in [1.165, 1.54) is 6.42 Å². The summed E-state index contributed by atoms with van der Waals surface area (Å²) >= 11 is 0. The van der Waals surface area contributed by atoms with Gasteiger partial charge in [-0.15, -0.1) is 0 Å². The van der Waals surface area contributed by atoms with Crippen LogP contribution in [0.2, 0.25) is 0 Å². The van der Waals surface area contributed by atoms with Crippen molar-refractivity contribution in [1.82, 2.24) is 9.97 Å². The minimum absolute atomic E-state index is 0.590. The van der Waals surface area contributed by atoms with Gasteiger partial charge in [0.25, 0.3) is 0 Å². The fourth-order valence-electron chi connectivity index (χ4n) is 2.34. The summed E-state index contributed by atoms with van der Waals surface area (Å²) in [6, 6.07) is 5.98. The number of aryl methyl sites for hydroxylation is 1. The monoisotopic (exact) mass is 257 g/mol. The highest BCUT2D eigenvalue weighted by Gasteiger charge is 2.36. The van der Waals surface area contributed by atoms with Crippen LogP contribution in [0, 0.1) is 12.8 Å². The normalized spacial score (nSPS) is 21.4. The Morgan fingerprint density at radius 1 is 1.37 bits per heavy atom. The lowest BCUT2D eigenvalue weighted by Gasteiger charge is -2.05. The molecule has 1 aliphatic rings. The zero-order valence-corrected chi connectivity index (χ0v) is 11.6. The van der Waals surface area contributed by atoms with Gasteiger partial charge in [0.15, 0.2) is 11.6 Å². The van der Waals surface area contributed by atoms with Gasteiger partial charge in [-0.2, -0.15) is 0 Å². The second-order valence-electron chi connectivity index (χ2n) is 5.27. The van der Waals surface area contributed by atoms with E-state index in [2.05, 4.69) is 35.2 Å². The SMILES string of the molecule is CCNc1cc(C)nc(-c2ccc(C3CC3C)o2)n1. The van der Waals surface area contributed by atoms with E-state index in [-0.39, 0.29) is 0 Å². The topological polar surface area (TPSA) is 51.0 Å². The van der Waals surface area contributed by atoms with E-state index < -0.39 is 0 Å². The van der Waals surface area contributed by atoms with E-state index in [4.69, 9.17) is 4.42 Å². The fraction of sp³-hybridized carbons (Fsp3) is 0.467. The second kappa shape index (κ2) is 4.68. The molecule has 0 aromatic carbocycles. The van der Waals surface area contributed by atoms with Crippen LogP contribution >= 0.6 is 0 Å². The number of aromatic nitrogens is 2. The van der Waals surface area contributed by atoms with Crippen LogP contribution in [0.5, 0.6) is 0 Å². The second-order valence-corrected chi connectivity index (χ2v) is 5.27. The van der Waals surface area contributed by atoms with Crippen LogP contribution in [-0.2, 0) is 0 Å². The highest BCUT2D eigenvalue weighted by atomic mass is 16.3. The lowest BCUT2D eigenvalue weighted by atomic mass is 10.3. The number of hydrogen-bond donors (Lipinski definition) is 1. The van der Waals surface area contributed by atoms with Crippen molar-refractivity contribution in [3.8, 4) is 11.6 Å². The molecule has 2 unspecified atom stereocenters. The Hall–Kier alpha value is -1.84. The van der Waals surface area contributed by atoms with Crippen molar-refractivity contribution in [2.75, 3.05) is 11.9 Å². The van der Waals surface area contributed by atoms with E-state index in [0.29, 0.717) is 11.7 Å². The number of nitrogens with zero attached hydrogens (tertiary/aromatic N) is 2. The van der Waals surface area contributed by atoms with Crippen LogP contribution in [0.3, 0.4) is 0 Å². The molecule has 0 bridgehead atoms. The summed E-state index contributed by atoms with van der Waals surface area (Å²) in [7, 11) is 0. The predicted molar refractivity (Wildman–Crippen MR) is 75.2 cm³/mol. The maximum Gasteiger partial charge on any atom is 0.197 e. The number of nitrogens with one attached hydrogen (secondary N) is 1. The largest absolute Gasteiger partial charge is 0.457 e. The molecule has 1 N–H and O–H groups in total. The zero-order valence-electron chi connectivity index (χ0n) is 11.6. The molecule has 2 aromatic rings. The van der Waals surface area contributed by atoms with Gasteiger partial charge < -0.3 is 9.73 Å². The summed E-state index contributed by atoms with van der Waals surface area (Å²) < 4.78 is 5.90. The summed E-state index contributed by atoms with van der Waals surface area (Å²) in [6.07, 6.45) is 1.23. The molecule has 4 heteroatoms. The molecular formula is C15H19N3O. The maximum absolute atomic E-state index is 5.90. The molecule has 0 spiro atoms. The molecule has 1 saturated carbocycles. The first-order chi connectivity index (χ1) is 9.17. The number of hydrogen-bond acceptors (Lipinski definition) is 4. The van der Waals surface area contributed by atoms with E-state index in [1.807, 2.05) is 19.1 Å². The van der Waals surface area contributed by atoms with Crippen molar-refractivity contribution in [2.24, 2.45) is 5.92 Å². The molecule has 4 nitrogen and oxygen atoms in total. The summed E-state index contributed by atoms with van der Waals surface area (Å²) in [5, 5.41) is 3.21. The van der Waals surface area contributed by atoms with Crippen molar-refractivity contribution in [3.05, 3.63) is 29.7 Å². The quantitative estimate of drug-likeness (QED) is 0.909. The van der Waals surface area contributed by atoms with Gasteiger partial charge in [-0.3, -0.25) is 0 Å². The maximum atomic E-state index is 5.90. The van der Waals surface area contributed by atoms with Crippen molar-refractivity contribution in [3.63, 3.8) is 0 Å². The Kier molecular flexibility index (Phi) is 3.01. The Morgan fingerprint density at radius 2 is 2.16 bits per heavy atom. The van der Waals surface area contributed by atoms with Crippen LogP contribution in [0.15, 0.2) is 22.6 Å². The Bertz CT molecular complexity index is 591. The Balaban J connectivity index is 1.90. The van der Waals surface area contributed by atoms with Gasteiger partial charge in [-0.05, 0) is 38.3 Å². The van der Waals surface area contributed by atoms with Crippen molar-refractivity contribution in [1.29, 1.82) is 0 Å². The molecular weight excluding hydrogens is 238 g/mol. The molecule has 1 fully saturated rings. The van der Waals surface area contributed by atoms with Gasteiger partial charge >= 0.3 is 0 Å². The van der Waals surface area contributed by atoms with Crippen LogP contribution in [0.1, 0.15) is 37.6 Å². The minimum Gasteiger partial charge on any atom is -0.457 e. The molecule has 0 aliphatic heterocycles. The Morgan fingerprint density at radius 3 is 2.84 bits per heavy atom. The average Bonchev–Trinajstić information content (AvgIpc) is 2.91. The highest BCUT2D eigenvalue weighted by Crippen LogP contribution is 2.47. The standard InChI is InChI=1S/C15H19N3O/c1-4-16-14-8-10(3)17-15(18-14)13-6-5-12(19-13)11-7-9(11)2/h5-6,8-9,11H,4,7H2,1-3H3,(H,16,17,18). The molecule has 2 atom stereocenters. The lowest BCUT2D eigenvalue weighted by Crippen LogP contribution is -2.02. The molecule has 19 heavy (non-hydrogen) atoms. The molecule has 100 valence electrons. The third kappa shape index (κ3) is 2.48. The third-order valence-corrected chi connectivity index (χ3v) is 3.53. The van der Waals surface area contributed by atoms with Crippen molar-refractivity contribution in [2.45, 2.75) is 33.1 Å². The van der Waals surface area contributed by atoms with Gasteiger partial charge in [0.2, 0.25) is 0 Å². The van der Waals surface area contributed by atoms with Crippen LogP contribution < -0.4 is 5.32 Å². The van der Waals surface area contributed by atoms with E-state index >= 15 is 0 Å². The zero-order chi connectivity index (χ0) is 13.4. The summed E-state index contributed by atoms with van der Waals surface area (Å²) in [6.45, 7) is 7.12. The van der Waals surface area contributed by atoms with Gasteiger partial charge in [0.05, 0.1) is 0 Å². The van der Waals surface area contributed by atoms with E-state index in [9.17, 15) is 0 Å². The highest BCUT2D eigenvalue weighted by molar-refractivity contribution is 5.52. The Labute approximate surface area is 113 Å². The van der Waals surface area contributed by atoms with E-state index in [1.54, 1.807) is 0 Å². The van der Waals surface area contributed by atoms with Gasteiger partial charge in [-0.25, -0.2) is 9.97 Å². The molecule has 0 saturated heterocycles. The molecule has 3 rings (SSSR count). The number of furan rings is 1. The molecule has 1 aliphatic carbocycles. The van der Waals surface area contributed by atoms with Crippen LogP contribution in [0.4, 0.5) is 5.82 Å². The lowest BCUT2D eigenvalue weighted by molar-refractivity contribution is 0.515. The fourth-order valence-corrected chi connectivity index (χ4v) is 2.34. The van der Waals surface area contributed by atoms with Crippen molar-refractivity contribution >= 4 is 5.82 Å². The van der Waals surface area contributed by atoms with Crippen molar-refractivity contribution < 1.29 is 4.42 Å². The summed E-state index contributed by atoms with van der Waals surface area (Å²) in [4.78, 5) is 8.94. The first kappa shape index (κ1) is 12.2. The molecule has 0 amide bonds. The molecule has 2 aromatic heterocycles. The minimum atomic E-state index is 0.590. The predicted octanol–water partition coefficient (Wildman–Crippen LogP) is 3.60. The van der Waals surface area contributed by atoms with Crippen LogP contribution in [-0.4, -0.2) is 16.5 Å². The van der Waals surface area contributed by atoms with Gasteiger partial charge in [0, 0.05) is 24.2 Å². The molecule has 2 heterocycles. The van der Waals surface area contributed by atoms with Gasteiger partial charge in [0.1, 0.15) is 11.6 Å². The number of anilines is 1. The smallest absolute Gasteiger partial charge is 0.197 e. The summed E-state index contributed by atoms with van der Waals surface area (Å²) in [5.74, 6) is 4.68. The first-order valence-electron chi connectivity index (χ1n) is 6.87. The average molecular weight is 257 g/mol. The summed E-state index contributed by atoms with van der Waals surface area (Å²) in [5.41, 5.74) is 0.943. The third-order valence-electron chi connectivity index (χ3n) is 3.53.